The monoisotopic (exact) mass is 377 g/mol. The molecule has 1 aliphatic carbocycles. The van der Waals surface area contributed by atoms with Crippen molar-refractivity contribution < 1.29 is 14.3 Å². The quantitative estimate of drug-likeness (QED) is 0.801. The number of ether oxygens (including phenoxy) is 1. The molecule has 2 saturated heterocycles. The summed E-state index contributed by atoms with van der Waals surface area (Å²) in [7, 11) is 0. The fourth-order valence-corrected chi connectivity index (χ4v) is 4.30. The molecule has 140 valence electrons. The number of nitrogens with zero attached hydrogens (tertiary/aromatic N) is 2. The van der Waals surface area contributed by atoms with Gasteiger partial charge in [0, 0.05) is 12.5 Å². The Bertz CT molecular complexity index is 757. The number of carbonyl (C=O) groups is 2. The highest BCUT2D eigenvalue weighted by Crippen LogP contribution is 2.35. The lowest BCUT2D eigenvalue weighted by atomic mass is 9.82. The number of hydrogen-bond donors (Lipinski definition) is 1. The number of anilines is 1. The van der Waals surface area contributed by atoms with Gasteiger partial charge in [0.05, 0.1) is 42.5 Å². The zero-order valence-electron chi connectivity index (χ0n) is 15.0. The second kappa shape index (κ2) is 6.43. The van der Waals surface area contributed by atoms with E-state index in [9.17, 15) is 9.59 Å². The maximum absolute atomic E-state index is 13.0. The molecule has 0 atom stereocenters. The van der Waals surface area contributed by atoms with Crippen molar-refractivity contribution in [2.75, 3.05) is 38.5 Å². The third kappa shape index (κ3) is 2.95. The molecule has 3 fully saturated rings. The summed E-state index contributed by atoms with van der Waals surface area (Å²) >= 11 is 6.13. The fraction of sp³-hybridized carbons (Fsp3) is 0.579. The third-order valence-electron chi connectivity index (χ3n) is 5.76. The van der Waals surface area contributed by atoms with Gasteiger partial charge in [-0.05, 0) is 37.5 Å². The van der Waals surface area contributed by atoms with E-state index < -0.39 is 5.60 Å². The van der Waals surface area contributed by atoms with Crippen LogP contribution in [0, 0.1) is 12.8 Å². The molecular formula is C19H24ClN3O3. The van der Waals surface area contributed by atoms with Crippen LogP contribution in [0.1, 0.15) is 35.2 Å². The highest BCUT2D eigenvalue weighted by atomic mass is 35.5. The third-order valence-corrected chi connectivity index (χ3v) is 6.08. The molecule has 26 heavy (non-hydrogen) atoms. The molecule has 7 heteroatoms. The summed E-state index contributed by atoms with van der Waals surface area (Å²) in [6, 6.07) is 3.53. The van der Waals surface area contributed by atoms with Gasteiger partial charge < -0.3 is 20.3 Å². The molecule has 6 nitrogen and oxygen atoms in total. The Morgan fingerprint density at radius 3 is 2.58 bits per heavy atom. The molecule has 1 saturated carbocycles. The van der Waals surface area contributed by atoms with Crippen LogP contribution >= 0.6 is 11.6 Å². The Morgan fingerprint density at radius 2 is 1.92 bits per heavy atom. The minimum Gasteiger partial charge on any atom is -0.397 e. The van der Waals surface area contributed by atoms with E-state index in [2.05, 4.69) is 0 Å². The lowest BCUT2D eigenvalue weighted by molar-refractivity contribution is -0.190. The van der Waals surface area contributed by atoms with E-state index >= 15 is 0 Å². The first-order valence-corrected chi connectivity index (χ1v) is 9.54. The minimum absolute atomic E-state index is 0.125. The van der Waals surface area contributed by atoms with Crippen LogP contribution in [0.2, 0.25) is 5.02 Å². The van der Waals surface area contributed by atoms with Gasteiger partial charge in [-0.2, -0.15) is 0 Å². The van der Waals surface area contributed by atoms with Crippen molar-refractivity contribution in [3.63, 3.8) is 0 Å². The molecule has 0 radical (unpaired) electrons. The Balaban J connectivity index is 1.44. The van der Waals surface area contributed by atoms with Gasteiger partial charge >= 0.3 is 0 Å². The van der Waals surface area contributed by atoms with Crippen molar-refractivity contribution in [3.8, 4) is 0 Å². The van der Waals surface area contributed by atoms with Gasteiger partial charge in [0.15, 0.2) is 0 Å². The molecule has 4 rings (SSSR count). The molecule has 1 aromatic carbocycles. The molecule has 2 amide bonds. The normalized spacial score (nSPS) is 22.1. The topological polar surface area (TPSA) is 75.9 Å². The van der Waals surface area contributed by atoms with E-state index in [1.165, 1.54) is 0 Å². The van der Waals surface area contributed by atoms with E-state index in [1.807, 2.05) is 11.8 Å². The second-order valence-corrected chi connectivity index (χ2v) is 8.20. The number of benzene rings is 1. The molecule has 1 spiro atoms. The largest absolute Gasteiger partial charge is 0.397 e. The van der Waals surface area contributed by atoms with Crippen molar-refractivity contribution in [1.29, 1.82) is 0 Å². The SMILES string of the molecule is Cc1cc(Cl)c(N)c(C(=O)N2CCOC3(C2)CN(C(=O)C2CCC2)C3)c1. The van der Waals surface area contributed by atoms with Gasteiger partial charge in [-0.3, -0.25) is 9.59 Å². The molecule has 2 heterocycles. The average molecular weight is 378 g/mol. The molecule has 2 N–H and O–H groups in total. The zero-order valence-corrected chi connectivity index (χ0v) is 15.7. The van der Waals surface area contributed by atoms with E-state index in [-0.39, 0.29) is 17.7 Å². The smallest absolute Gasteiger partial charge is 0.256 e. The van der Waals surface area contributed by atoms with Crippen molar-refractivity contribution in [3.05, 3.63) is 28.3 Å². The molecular weight excluding hydrogens is 354 g/mol. The molecule has 0 aromatic heterocycles. The van der Waals surface area contributed by atoms with Crippen LogP contribution in [0.4, 0.5) is 5.69 Å². The van der Waals surface area contributed by atoms with E-state index in [0.717, 1.165) is 24.8 Å². The summed E-state index contributed by atoms with van der Waals surface area (Å²) in [5, 5.41) is 0.400. The number of likely N-dealkylation sites (tertiary alicyclic amines) is 1. The number of amides is 2. The first-order valence-electron chi connectivity index (χ1n) is 9.16. The average Bonchev–Trinajstić information content (AvgIpc) is 2.53. The fourth-order valence-electron chi connectivity index (χ4n) is 4.03. The number of rotatable bonds is 2. The van der Waals surface area contributed by atoms with Gasteiger partial charge in [0.1, 0.15) is 5.60 Å². The highest BCUT2D eigenvalue weighted by molar-refractivity contribution is 6.34. The van der Waals surface area contributed by atoms with Crippen LogP contribution in [-0.4, -0.2) is 60.0 Å². The molecule has 0 bridgehead atoms. The van der Waals surface area contributed by atoms with Crippen molar-refractivity contribution in [2.24, 2.45) is 5.92 Å². The van der Waals surface area contributed by atoms with Gasteiger partial charge in [-0.1, -0.05) is 18.0 Å². The summed E-state index contributed by atoms with van der Waals surface area (Å²) in [4.78, 5) is 29.0. The minimum atomic E-state index is -0.435. The number of morpholine rings is 1. The number of nitrogen functional groups attached to an aromatic ring is 1. The standard InChI is InChI=1S/C19H24ClN3O3/c1-12-7-14(16(21)15(20)8-12)18(25)22-5-6-26-19(9-22)10-23(11-19)17(24)13-3-2-4-13/h7-8,13H,2-6,9-11,21H2,1H3. The molecule has 0 unspecified atom stereocenters. The van der Waals surface area contributed by atoms with Crippen molar-refractivity contribution in [1.82, 2.24) is 9.80 Å². The Kier molecular flexibility index (Phi) is 4.35. The van der Waals surface area contributed by atoms with Gasteiger partial charge in [0.25, 0.3) is 5.91 Å². The summed E-state index contributed by atoms with van der Waals surface area (Å²) < 4.78 is 5.96. The molecule has 3 aliphatic rings. The maximum Gasteiger partial charge on any atom is 0.256 e. The Hall–Kier alpha value is -1.79. The predicted octanol–water partition coefficient (Wildman–Crippen LogP) is 2.08. The summed E-state index contributed by atoms with van der Waals surface area (Å²) in [5.41, 5.74) is 7.25. The number of carbonyl (C=O) groups excluding carboxylic acids is 2. The zero-order chi connectivity index (χ0) is 18.5. The van der Waals surface area contributed by atoms with Crippen molar-refractivity contribution >= 4 is 29.1 Å². The van der Waals surface area contributed by atoms with Crippen LogP contribution in [-0.2, 0) is 9.53 Å². The molecule has 1 aromatic rings. The first-order chi connectivity index (χ1) is 12.4. The lowest BCUT2D eigenvalue weighted by Gasteiger charge is -2.54. The van der Waals surface area contributed by atoms with Crippen LogP contribution in [0.3, 0.4) is 0 Å². The predicted molar refractivity (Wildman–Crippen MR) is 99.1 cm³/mol. The van der Waals surface area contributed by atoms with Crippen LogP contribution in [0.5, 0.6) is 0 Å². The maximum atomic E-state index is 13.0. The first kappa shape index (κ1) is 17.6. The Labute approximate surface area is 158 Å². The Morgan fingerprint density at radius 1 is 1.23 bits per heavy atom. The second-order valence-electron chi connectivity index (χ2n) is 7.79. The van der Waals surface area contributed by atoms with Gasteiger partial charge in [-0.15, -0.1) is 0 Å². The number of nitrogens with two attached hydrogens (primary N) is 1. The van der Waals surface area contributed by atoms with E-state index in [1.54, 1.807) is 17.0 Å². The number of aryl methyl sites for hydroxylation is 1. The number of halogens is 1. The summed E-state index contributed by atoms with van der Waals surface area (Å²) in [5.74, 6) is 0.311. The number of hydrogen-bond acceptors (Lipinski definition) is 4. The van der Waals surface area contributed by atoms with Crippen LogP contribution < -0.4 is 5.73 Å². The van der Waals surface area contributed by atoms with Crippen LogP contribution in [0.25, 0.3) is 0 Å². The molecule has 2 aliphatic heterocycles. The summed E-state index contributed by atoms with van der Waals surface area (Å²) in [6.07, 6.45) is 3.15. The van der Waals surface area contributed by atoms with Crippen LogP contribution in [0.15, 0.2) is 12.1 Å². The van der Waals surface area contributed by atoms with Crippen molar-refractivity contribution in [2.45, 2.75) is 31.8 Å². The van der Waals surface area contributed by atoms with E-state index in [4.69, 9.17) is 22.1 Å². The van der Waals surface area contributed by atoms with Gasteiger partial charge in [0.2, 0.25) is 5.91 Å². The summed E-state index contributed by atoms with van der Waals surface area (Å²) in [6.45, 7) is 4.48. The van der Waals surface area contributed by atoms with Gasteiger partial charge in [-0.25, -0.2) is 0 Å². The van der Waals surface area contributed by atoms with E-state index in [0.29, 0.717) is 49.1 Å². The highest BCUT2D eigenvalue weighted by Gasteiger charge is 2.51. The lowest BCUT2D eigenvalue weighted by Crippen LogP contribution is -2.72.